The SMILES string of the molecule is CCOC(=O)c1cnc(NCCCc2ncn[nH]2)nc1C. The highest BCUT2D eigenvalue weighted by atomic mass is 16.5. The van der Waals surface area contributed by atoms with Gasteiger partial charge in [0.25, 0.3) is 0 Å². The van der Waals surface area contributed by atoms with Crippen molar-refractivity contribution in [2.45, 2.75) is 26.7 Å². The number of hydrogen-bond donors (Lipinski definition) is 2. The van der Waals surface area contributed by atoms with Crippen LogP contribution >= 0.6 is 0 Å². The summed E-state index contributed by atoms with van der Waals surface area (Å²) in [5, 5.41) is 9.70. The molecule has 0 aliphatic heterocycles. The molecular weight excluding hydrogens is 272 g/mol. The number of hydrogen-bond acceptors (Lipinski definition) is 7. The summed E-state index contributed by atoms with van der Waals surface area (Å²) in [5.74, 6) is 0.955. The summed E-state index contributed by atoms with van der Waals surface area (Å²) >= 11 is 0. The summed E-state index contributed by atoms with van der Waals surface area (Å²) in [4.78, 5) is 24.0. The number of carbonyl (C=O) groups is 1. The van der Waals surface area contributed by atoms with E-state index in [1.807, 2.05) is 0 Å². The van der Waals surface area contributed by atoms with Crippen LogP contribution in [-0.4, -0.2) is 44.3 Å². The van der Waals surface area contributed by atoms with Gasteiger partial charge in [-0.2, -0.15) is 5.10 Å². The number of anilines is 1. The maximum Gasteiger partial charge on any atom is 0.341 e. The number of rotatable bonds is 7. The standard InChI is InChI=1S/C13H18N6O2/c1-3-21-12(20)10-7-15-13(18-9(10)2)14-6-4-5-11-16-8-17-19-11/h7-8H,3-6H2,1-2H3,(H,14,15,18)(H,16,17,19). The Morgan fingerprint density at radius 1 is 1.43 bits per heavy atom. The van der Waals surface area contributed by atoms with Gasteiger partial charge in [-0.3, -0.25) is 5.10 Å². The fraction of sp³-hybridized carbons (Fsp3) is 0.462. The van der Waals surface area contributed by atoms with Gasteiger partial charge in [0.05, 0.1) is 17.9 Å². The van der Waals surface area contributed by atoms with E-state index in [1.54, 1.807) is 13.8 Å². The second-order valence-corrected chi connectivity index (χ2v) is 4.38. The highest BCUT2D eigenvalue weighted by Gasteiger charge is 2.12. The van der Waals surface area contributed by atoms with E-state index in [1.165, 1.54) is 12.5 Å². The van der Waals surface area contributed by atoms with Gasteiger partial charge in [-0.1, -0.05) is 0 Å². The minimum absolute atomic E-state index is 0.333. The van der Waals surface area contributed by atoms with Gasteiger partial charge in [0.2, 0.25) is 5.95 Å². The molecule has 0 saturated carbocycles. The average Bonchev–Trinajstić information content (AvgIpc) is 2.97. The van der Waals surface area contributed by atoms with Crippen molar-refractivity contribution in [3.8, 4) is 0 Å². The van der Waals surface area contributed by atoms with Crippen molar-refractivity contribution in [2.75, 3.05) is 18.5 Å². The Morgan fingerprint density at radius 2 is 2.29 bits per heavy atom. The van der Waals surface area contributed by atoms with Gasteiger partial charge in [0.15, 0.2) is 0 Å². The van der Waals surface area contributed by atoms with E-state index in [2.05, 4.69) is 30.5 Å². The van der Waals surface area contributed by atoms with Crippen LogP contribution in [-0.2, 0) is 11.2 Å². The van der Waals surface area contributed by atoms with Crippen LogP contribution in [0.15, 0.2) is 12.5 Å². The number of nitrogens with one attached hydrogen (secondary N) is 2. The minimum atomic E-state index is -0.396. The number of carbonyl (C=O) groups excluding carboxylic acids is 1. The van der Waals surface area contributed by atoms with Gasteiger partial charge in [-0.25, -0.2) is 19.7 Å². The summed E-state index contributed by atoms with van der Waals surface area (Å²) in [6.45, 7) is 4.56. The molecule has 0 spiro atoms. The molecule has 0 fully saturated rings. The minimum Gasteiger partial charge on any atom is -0.462 e. The first-order valence-corrected chi connectivity index (χ1v) is 6.79. The van der Waals surface area contributed by atoms with Crippen molar-refractivity contribution in [1.82, 2.24) is 25.1 Å². The number of esters is 1. The molecule has 0 bridgehead atoms. The average molecular weight is 290 g/mol. The zero-order valence-corrected chi connectivity index (χ0v) is 12.1. The molecular formula is C13H18N6O2. The maximum absolute atomic E-state index is 11.6. The van der Waals surface area contributed by atoms with Crippen molar-refractivity contribution >= 4 is 11.9 Å². The summed E-state index contributed by atoms with van der Waals surface area (Å²) < 4.78 is 4.93. The highest BCUT2D eigenvalue weighted by Crippen LogP contribution is 2.08. The summed E-state index contributed by atoms with van der Waals surface area (Å²) in [6, 6.07) is 0. The Morgan fingerprint density at radius 3 is 2.95 bits per heavy atom. The first-order valence-electron chi connectivity index (χ1n) is 6.79. The number of H-pyrrole nitrogens is 1. The van der Waals surface area contributed by atoms with Crippen LogP contribution in [0.3, 0.4) is 0 Å². The van der Waals surface area contributed by atoms with Crippen LogP contribution in [0.2, 0.25) is 0 Å². The Hall–Kier alpha value is -2.51. The first-order chi connectivity index (χ1) is 10.2. The van der Waals surface area contributed by atoms with E-state index in [9.17, 15) is 4.79 Å². The lowest BCUT2D eigenvalue weighted by molar-refractivity contribution is 0.0524. The van der Waals surface area contributed by atoms with Crippen LogP contribution in [0.5, 0.6) is 0 Å². The van der Waals surface area contributed by atoms with Gasteiger partial charge in [0, 0.05) is 19.2 Å². The van der Waals surface area contributed by atoms with E-state index in [0.29, 0.717) is 30.4 Å². The topological polar surface area (TPSA) is 106 Å². The third-order valence-corrected chi connectivity index (χ3v) is 2.81. The number of ether oxygens (including phenoxy) is 1. The molecule has 2 N–H and O–H groups in total. The summed E-state index contributed by atoms with van der Waals surface area (Å²) in [5.41, 5.74) is 0.991. The molecule has 112 valence electrons. The van der Waals surface area contributed by atoms with Crippen molar-refractivity contribution in [3.05, 3.63) is 29.6 Å². The largest absolute Gasteiger partial charge is 0.462 e. The third-order valence-electron chi connectivity index (χ3n) is 2.81. The van der Waals surface area contributed by atoms with E-state index in [4.69, 9.17) is 4.74 Å². The molecule has 21 heavy (non-hydrogen) atoms. The second-order valence-electron chi connectivity index (χ2n) is 4.38. The zero-order chi connectivity index (χ0) is 15.1. The molecule has 0 aliphatic carbocycles. The molecule has 0 aliphatic rings. The van der Waals surface area contributed by atoms with Crippen LogP contribution in [0.1, 0.15) is 35.2 Å². The Balaban J connectivity index is 1.84. The molecule has 2 aromatic heterocycles. The van der Waals surface area contributed by atoms with Crippen molar-refractivity contribution < 1.29 is 9.53 Å². The van der Waals surface area contributed by atoms with Crippen LogP contribution in [0.25, 0.3) is 0 Å². The Bertz CT molecular complexity index is 584. The van der Waals surface area contributed by atoms with Crippen molar-refractivity contribution in [3.63, 3.8) is 0 Å². The van der Waals surface area contributed by atoms with Crippen LogP contribution in [0, 0.1) is 6.92 Å². The Labute approximate surface area is 122 Å². The predicted molar refractivity (Wildman–Crippen MR) is 75.9 cm³/mol. The molecule has 8 nitrogen and oxygen atoms in total. The lowest BCUT2D eigenvalue weighted by Crippen LogP contribution is -2.12. The lowest BCUT2D eigenvalue weighted by atomic mass is 10.2. The second kappa shape index (κ2) is 7.32. The maximum atomic E-state index is 11.6. The number of nitrogens with zero attached hydrogens (tertiary/aromatic N) is 4. The quantitative estimate of drug-likeness (QED) is 0.581. The van der Waals surface area contributed by atoms with E-state index in [0.717, 1.165) is 18.7 Å². The number of aromatic amines is 1. The molecule has 0 radical (unpaired) electrons. The molecule has 0 saturated heterocycles. The molecule has 2 rings (SSSR count). The molecule has 2 heterocycles. The molecule has 8 heteroatoms. The van der Waals surface area contributed by atoms with Gasteiger partial charge in [-0.15, -0.1) is 0 Å². The smallest absolute Gasteiger partial charge is 0.341 e. The van der Waals surface area contributed by atoms with Gasteiger partial charge >= 0.3 is 5.97 Å². The van der Waals surface area contributed by atoms with E-state index in [-0.39, 0.29) is 0 Å². The molecule has 0 amide bonds. The summed E-state index contributed by atoms with van der Waals surface area (Å²) in [6.07, 6.45) is 4.65. The normalized spacial score (nSPS) is 10.4. The van der Waals surface area contributed by atoms with E-state index < -0.39 is 5.97 Å². The lowest BCUT2D eigenvalue weighted by Gasteiger charge is -2.07. The molecule has 0 aromatic carbocycles. The van der Waals surface area contributed by atoms with Crippen molar-refractivity contribution in [1.29, 1.82) is 0 Å². The van der Waals surface area contributed by atoms with Crippen LogP contribution < -0.4 is 5.32 Å². The molecule has 2 aromatic rings. The molecule has 0 atom stereocenters. The van der Waals surface area contributed by atoms with Crippen molar-refractivity contribution in [2.24, 2.45) is 0 Å². The van der Waals surface area contributed by atoms with Crippen LogP contribution in [0.4, 0.5) is 5.95 Å². The fourth-order valence-corrected chi connectivity index (χ4v) is 1.77. The Kier molecular flexibility index (Phi) is 5.19. The van der Waals surface area contributed by atoms with E-state index >= 15 is 0 Å². The number of aromatic nitrogens is 5. The zero-order valence-electron chi connectivity index (χ0n) is 12.1. The molecule has 0 unspecified atom stereocenters. The summed E-state index contributed by atoms with van der Waals surface area (Å²) in [7, 11) is 0. The predicted octanol–water partition coefficient (Wildman–Crippen LogP) is 1.12. The van der Waals surface area contributed by atoms with Gasteiger partial charge in [-0.05, 0) is 20.3 Å². The first kappa shape index (κ1) is 14.9. The monoisotopic (exact) mass is 290 g/mol. The number of aryl methyl sites for hydroxylation is 2. The fourth-order valence-electron chi connectivity index (χ4n) is 1.77. The van der Waals surface area contributed by atoms with Gasteiger partial charge in [0.1, 0.15) is 12.2 Å². The highest BCUT2D eigenvalue weighted by molar-refractivity contribution is 5.90. The third kappa shape index (κ3) is 4.23. The van der Waals surface area contributed by atoms with Gasteiger partial charge < -0.3 is 10.1 Å².